The Hall–Kier alpha value is -0.710. The lowest BCUT2D eigenvalue weighted by molar-refractivity contribution is 0.0366. The summed E-state index contributed by atoms with van der Waals surface area (Å²) < 4.78 is 5.33. The van der Waals surface area contributed by atoms with E-state index < -0.39 is 0 Å². The maximum atomic E-state index is 11.8. The van der Waals surface area contributed by atoms with Crippen LogP contribution in [0.3, 0.4) is 0 Å². The van der Waals surface area contributed by atoms with Gasteiger partial charge in [-0.3, -0.25) is 9.69 Å². The van der Waals surface area contributed by atoms with E-state index in [2.05, 4.69) is 0 Å². The van der Waals surface area contributed by atoms with Gasteiger partial charge < -0.3 is 4.74 Å². The van der Waals surface area contributed by atoms with Crippen LogP contribution in [-0.4, -0.2) is 37.1 Å². The van der Waals surface area contributed by atoms with Gasteiger partial charge in [0.15, 0.2) is 6.23 Å². The lowest BCUT2D eigenvalue weighted by Crippen LogP contribution is -2.33. The minimum atomic E-state index is -0.362. The summed E-state index contributed by atoms with van der Waals surface area (Å²) >= 11 is 1.46. The van der Waals surface area contributed by atoms with Crippen molar-refractivity contribution in [2.75, 3.05) is 20.2 Å². The molecule has 2 heterocycles. The van der Waals surface area contributed by atoms with Crippen molar-refractivity contribution in [2.45, 2.75) is 6.23 Å². The van der Waals surface area contributed by atoms with Crippen LogP contribution in [-0.2, 0) is 4.74 Å². The first-order valence-corrected chi connectivity index (χ1v) is 5.06. The van der Waals surface area contributed by atoms with Gasteiger partial charge in [0.25, 0.3) is 0 Å². The summed E-state index contributed by atoms with van der Waals surface area (Å²) in [6.45, 7) is 1.49. The molecule has 13 heavy (non-hydrogen) atoms. The van der Waals surface area contributed by atoms with E-state index in [0.29, 0.717) is 6.61 Å². The molecule has 1 aromatic rings. The largest absolute Gasteiger partial charge is 0.354 e. The molecule has 70 valence electrons. The number of thiophene rings is 1. The Bertz CT molecular complexity index is 297. The molecule has 1 fully saturated rings. The fourth-order valence-corrected chi connectivity index (χ4v) is 2.05. The molecule has 0 bridgehead atoms. The molecular formula is C9H11NO2S. The third-order valence-electron chi connectivity index (χ3n) is 2.11. The molecule has 2 rings (SSSR count). The van der Waals surface area contributed by atoms with Crippen LogP contribution in [0, 0.1) is 0 Å². The van der Waals surface area contributed by atoms with E-state index in [1.807, 2.05) is 29.5 Å². The maximum absolute atomic E-state index is 11.8. The van der Waals surface area contributed by atoms with Crippen LogP contribution in [0.25, 0.3) is 0 Å². The molecule has 0 aliphatic carbocycles. The van der Waals surface area contributed by atoms with E-state index in [1.54, 1.807) is 0 Å². The Kier molecular flexibility index (Phi) is 2.44. The fraction of sp³-hybridized carbons (Fsp3) is 0.444. The van der Waals surface area contributed by atoms with Crippen LogP contribution >= 0.6 is 11.3 Å². The van der Waals surface area contributed by atoms with Crippen molar-refractivity contribution in [3.8, 4) is 0 Å². The molecule has 1 atom stereocenters. The third kappa shape index (κ3) is 1.65. The fourth-order valence-electron chi connectivity index (χ4n) is 1.37. The molecule has 0 radical (unpaired) electrons. The Morgan fingerprint density at radius 3 is 3.15 bits per heavy atom. The van der Waals surface area contributed by atoms with Crippen LogP contribution in [0.5, 0.6) is 0 Å². The second-order valence-corrected chi connectivity index (χ2v) is 3.99. The zero-order valence-corrected chi connectivity index (χ0v) is 8.21. The molecule has 0 saturated carbocycles. The lowest BCUT2D eigenvalue weighted by Gasteiger charge is -2.15. The Morgan fingerprint density at radius 1 is 1.77 bits per heavy atom. The zero-order chi connectivity index (χ0) is 9.26. The van der Waals surface area contributed by atoms with Crippen LogP contribution < -0.4 is 0 Å². The quantitative estimate of drug-likeness (QED) is 0.668. The summed E-state index contributed by atoms with van der Waals surface area (Å²) in [5, 5.41) is 1.90. The summed E-state index contributed by atoms with van der Waals surface area (Å²) in [7, 11) is 1.91. The van der Waals surface area contributed by atoms with E-state index in [1.165, 1.54) is 11.3 Å². The van der Waals surface area contributed by atoms with E-state index in [-0.39, 0.29) is 12.0 Å². The average Bonchev–Trinajstić information content (AvgIpc) is 2.72. The maximum Gasteiger partial charge on any atom is 0.216 e. The highest BCUT2D eigenvalue weighted by molar-refractivity contribution is 7.12. The number of ketones is 1. The molecule has 0 aromatic carbocycles. The highest BCUT2D eigenvalue weighted by Crippen LogP contribution is 2.17. The van der Waals surface area contributed by atoms with E-state index in [4.69, 9.17) is 4.74 Å². The first kappa shape index (κ1) is 8.87. The summed E-state index contributed by atoms with van der Waals surface area (Å²) in [6, 6.07) is 3.72. The first-order chi connectivity index (χ1) is 6.29. The standard InChI is InChI=1S/C9H11NO2S/c1-10-4-5-12-9(10)8(11)7-3-2-6-13-7/h2-3,6,9H,4-5H2,1H3. The first-order valence-electron chi connectivity index (χ1n) is 4.18. The summed E-state index contributed by atoms with van der Waals surface area (Å²) in [6.07, 6.45) is -0.362. The summed E-state index contributed by atoms with van der Waals surface area (Å²) in [5.74, 6) is 0.0787. The molecule has 1 aliphatic heterocycles. The number of Topliss-reactive ketones (excluding diaryl/α,β-unsaturated/α-hetero) is 1. The van der Waals surface area contributed by atoms with Gasteiger partial charge >= 0.3 is 0 Å². The number of rotatable bonds is 2. The number of hydrogen-bond acceptors (Lipinski definition) is 4. The van der Waals surface area contributed by atoms with Crippen LogP contribution in [0.4, 0.5) is 0 Å². The highest BCUT2D eigenvalue weighted by Gasteiger charge is 2.29. The Morgan fingerprint density at radius 2 is 2.62 bits per heavy atom. The molecular weight excluding hydrogens is 186 g/mol. The van der Waals surface area contributed by atoms with Gasteiger partial charge in [-0.15, -0.1) is 11.3 Å². The van der Waals surface area contributed by atoms with Crippen molar-refractivity contribution in [3.63, 3.8) is 0 Å². The predicted octanol–water partition coefficient (Wildman–Crippen LogP) is 1.22. The molecule has 0 amide bonds. The monoisotopic (exact) mass is 197 g/mol. The van der Waals surface area contributed by atoms with Crippen molar-refractivity contribution in [2.24, 2.45) is 0 Å². The van der Waals surface area contributed by atoms with E-state index in [9.17, 15) is 4.79 Å². The number of likely N-dealkylation sites (N-methyl/N-ethyl adjacent to an activating group) is 1. The van der Waals surface area contributed by atoms with Crippen molar-refractivity contribution in [1.82, 2.24) is 4.90 Å². The van der Waals surface area contributed by atoms with Gasteiger partial charge in [-0.2, -0.15) is 0 Å². The smallest absolute Gasteiger partial charge is 0.216 e. The molecule has 3 nitrogen and oxygen atoms in total. The van der Waals surface area contributed by atoms with Gasteiger partial charge in [0, 0.05) is 6.54 Å². The molecule has 0 N–H and O–H groups in total. The topological polar surface area (TPSA) is 29.5 Å². The molecule has 4 heteroatoms. The van der Waals surface area contributed by atoms with E-state index in [0.717, 1.165) is 11.4 Å². The minimum absolute atomic E-state index is 0.0787. The van der Waals surface area contributed by atoms with E-state index >= 15 is 0 Å². The van der Waals surface area contributed by atoms with Gasteiger partial charge in [-0.1, -0.05) is 6.07 Å². The van der Waals surface area contributed by atoms with Gasteiger partial charge in [-0.05, 0) is 18.5 Å². The van der Waals surface area contributed by atoms with Crippen LogP contribution in [0.1, 0.15) is 9.67 Å². The number of carbonyl (C=O) groups is 1. The average molecular weight is 197 g/mol. The van der Waals surface area contributed by atoms with Crippen molar-refractivity contribution in [1.29, 1.82) is 0 Å². The van der Waals surface area contributed by atoms with Crippen LogP contribution in [0.2, 0.25) is 0 Å². The normalized spacial score (nSPS) is 23.6. The number of hydrogen-bond donors (Lipinski definition) is 0. The van der Waals surface area contributed by atoms with Crippen molar-refractivity contribution >= 4 is 17.1 Å². The number of ether oxygens (including phenoxy) is 1. The Labute approximate surface area is 80.9 Å². The van der Waals surface area contributed by atoms with Crippen molar-refractivity contribution < 1.29 is 9.53 Å². The van der Waals surface area contributed by atoms with Gasteiger partial charge in [-0.25, -0.2) is 0 Å². The van der Waals surface area contributed by atoms with Gasteiger partial charge in [0.2, 0.25) is 5.78 Å². The van der Waals surface area contributed by atoms with Gasteiger partial charge in [0.1, 0.15) is 0 Å². The Balaban J connectivity index is 2.13. The molecule has 1 unspecified atom stereocenters. The third-order valence-corrected chi connectivity index (χ3v) is 2.99. The summed E-state index contributed by atoms with van der Waals surface area (Å²) in [4.78, 5) is 14.5. The molecule has 0 spiro atoms. The second kappa shape index (κ2) is 3.57. The SMILES string of the molecule is CN1CCOC1C(=O)c1cccs1. The second-order valence-electron chi connectivity index (χ2n) is 3.05. The molecule has 1 saturated heterocycles. The lowest BCUT2D eigenvalue weighted by atomic mass is 10.3. The molecule has 1 aliphatic rings. The zero-order valence-electron chi connectivity index (χ0n) is 7.40. The minimum Gasteiger partial charge on any atom is -0.354 e. The number of nitrogens with zero attached hydrogens (tertiary/aromatic N) is 1. The number of carbonyl (C=O) groups excluding carboxylic acids is 1. The van der Waals surface area contributed by atoms with Crippen molar-refractivity contribution in [3.05, 3.63) is 22.4 Å². The van der Waals surface area contributed by atoms with Gasteiger partial charge in [0.05, 0.1) is 11.5 Å². The summed E-state index contributed by atoms with van der Waals surface area (Å²) in [5.41, 5.74) is 0. The van der Waals surface area contributed by atoms with Crippen LogP contribution in [0.15, 0.2) is 17.5 Å². The predicted molar refractivity (Wildman–Crippen MR) is 51.0 cm³/mol. The highest BCUT2D eigenvalue weighted by atomic mass is 32.1. The molecule has 1 aromatic heterocycles.